The highest BCUT2D eigenvalue weighted by atomic mass is 32.1. The van der Waals surface area contributed by atoms with E-state index in [-0.39, 0.29) is 12.1 Å². The zero-order valence-electron chi connectivity index (χ0n) is 13.8. The summed E-state index contributed by atoms with van der Waals surface area (Å²) in [5.74, 6) is 1.75. The van der Waals surface area contributed by atoms with Crippen LogP contribution in [0.1, 0.15) is 35.0 Å². The first-order chi connectivity index (χ1) is 12.2. The molecule has 1 aliphatic heterocycles. The molecule has 6 heteroatoms. The van der Waals surface area contributed by atoms with Gasteiger partial charge in [0.25, 0.3) is 0 Å². The van der Waals surface area contributed by atoms with E-state index in [1.807, 2.05) is 55.5 Å². The van der Waals surface area contributed by atoms with Crippen LogP contribution in [0.2, 0.25) is 0 Å². The molecule has 4 rings (SSSR count). The summed E-state index contributed by atoms with van der Waals surface area (Å²) >= 11 is 5.62. The Kier molecular flexibility index (Phi) is 4.19. The molecule has 0 amide bonds. The number of aryl methyl sites for hydroxylation is 1. The van der Waals surface area contributed by atoms with Crippen molar-refractivity contribution in [1.82, 2.24) is 20.2 Å². The molecule has 0 aliphatic carbocycles. The van der Waals surface area contributed by atoms with Crippen LogP contribution in [0.25, 0.3) is 0 Å². The number of hydrogen-bond acceptors (Lipinski definition) is 4. The summed E-state index contributed by atoms with van der Waals surface area (Å²) in [7, 11) is 0. The molecule has 0 radical (unpaired) electrons. The fraction of sp³-hybridized carbons (Fsp3) is 0.211. The van der Waals surface area contributed by atoms with Crippen LogP contribution in [-0.4, -0.2) is 20.0 Å². The van der Waals surface area contributed by atoms with Gasteiger partial charge in [0.2, 0.25) is 0 Å². The molecule has 25 heavy (non-hydrogen) atoms. The Labute approximate surface area is 151 Å². The van der Waals surface area contributed by atoms with E-state index < -0.39 is 0 Å². The predicted molar refractivity (Wildman–Crippen MR) is 98.7 cm³/mol. The zero-order chi connectivity index (χ0) is 17.2. The van der Waals surface area contributed by atoms with Gasteiger partial charge >= 0.3 is 0 Å². The minimum Gasteiger partial charge on any atom is -0.464 e. The molecule has 1 aliphatic rings. The maximum Gasteiger partial charge on any atom is 0.170 e. The number of pyridine rings is 2. The fourth-order valence-corrected chi connectivity index (χ4v) is 3.47. The summed E-state index contributed by atoms with van der Waals surface area (Å²) in [5, 5.41) is 4.09. The monoisotopic (exact) mass is 350 g/mol. The summed E-state index contributed by atoms with van der Waals surface area (Å²) in [6.07, 6.45) is 3.59. The second-order valence-corrected chi connectivity index (χ2v) is 6.41. The van der Waals surface area contributed by atoms with Crippen LogP contribution in [0.4, 0.5) is 0 Å². The molecular formula is C19H18N4OS. The van der Waals surface area contributed by atoms with Crippen molar-refractivity contribution in [1.29, 1.82) is 0 Å². The average molecular weight is 350 g/mol. The van der Waals surface area contributed by atoms with Gasteiger partial charge in [-0.2, -0.15) is 0 Å². The first-order valence-electron chi connectivity index (χ1n) is 8.16. The Bertz CT molecular complexity index is 865. The smallest absolute Gasteiger partial charge is 0.170 e. The quantitative estimate of drug-likeness (QED) is 0.726. The second-order valence-electron chi connectivity index (χ2n) is 6.02. The SMILES string of the molecule is Cc1ccc([C@H]2[C@@H](c3ccccn3)NC(=S)N2Cc2ccccn2)o1. The summed E-state index contributed by atoms with van der Waals surface area (Å²) in [6, 6.07) is 15.6. The number of rotatable bonds is 4. The Morgan fingerprint density at radius 3 is 2.52 bits per heavy atom. The molecule has 1 N–H and O–H groups in total. The molecule has 1 fully saturated rings. The average Bonchev–Trinajstić information content (AvgIpc) is 3.20. The van der Waals surface area contributed by atoms with Crippen molar-refractivity contribution in [3.8, 4) is 0 Å². The molecule has 0 unspecified atom stereocenters. The van der Waals surface area contributed by atoms with Crippen LogP contribution in [0.5, 0.6) is 0 Å². The molecule has 2 atom stereocenters. The first kappa shape index (κ1) is 15.8. The lowest BCUT2D eigenvalue weighted by molar-refractivity contribution is 0.262. The van der Waals surface area contributed by atoms with Gasteiger partial charge in [0, 0.05) is 12.4 Å². The van der Waals surface area contributed by atoms with Crippen molar-refractivity contribution in [2.75, 3.05) is 0 Å². The summed E-state index contributed by atoms with van der Waals surface area (Å²) in [6.45, 7) is 2.56. The van der Waals surface area contributed by atoms with Crippen molar-refractivity contribution in [3.05, 3.63) is 83.8 Å². The molecule has 0 bridgehead atoms. The lowest BCUT2D eigenvalue weighted by atomic mass is 10.0. The van der Waals surface area contributed by atoms with E-state index >= 15 is 0 Å². The second kappa shape index (κ2) is 6.64. The molecule has 1 saturated heterocycles. The number of thiocarbonyl (C=S) groups is 1. The highest BCUT2D eigenvalue weighted by Gasteiger charge is 2.41. The largest absolute Gasteiger partial charge is 0.464 e. The van der Waals surface area contributed by atoms with E-state index in [0.29, 0.717) is 11.7 Å². The van der Waals surface area contributed by atoms with Crippen LogP contribution in [0.15, 0.2) is 65.3 Å². The van der Waals surface area contributed by atoms with Gasteiger partial charge in [0.1, 0.15) is 17.6 Å². The van der Waals surface area contributed by atoms with Crippen LogP contribution < -0.4 is 5.32 Å². The van der Waals surface area contributed by atoms with E-state index in [2.05, 4.69) is 20.2 Å². The summed E-state index contributed by atoms with van der Waals surface area (Å²) in [4.78, 5) is 11.1. The number of nitrogens with one attached hydrogen (secondary N) is 1. The highest BCUT2D eigenvalue weighted by Crippen LogP contribution is 2.39. The van der Waals surface area contributed by atoms with Gasteiger partial charge in [-0.05, 0) is 55.5 Å². The number of hydrogen-bond donors (Lipinski definition) is 1. The maximum atomic E-state index is 5.95. The van der Waals surface area contributed by atoms with Crippen molar-refractivity contribution < 1.29 is 4.42 Å². The zero-order valence-corrected chi connectivity index (χ0v) is 14.6. The summed E-state index contributed by atoms with van der Waals surface area (Å²) in [5.41, 5.74) is 1.90. The lowest BCUT2D eigenvalue weighted by Crippen LogP contribution is -2.29. The number of furan rings is 1. The Hall–Kier alpha value is -2.73. The van der Waals surface area contributed by atoms with Gasteiger partial charge in [-0.25, -0.2) is 0 Å². The molecule has 0 aromatic carbocycles. The highest BCUT2D eigenvalue weighted by molar-refractivity contribution is 7.80. The number of nitrogens with zero attached hydrogens (tertiary/aromatic N) is 3. The van der Waals surface area contributed by atoms with Crippen LogP contribution >= 0.6 is 12.2 Å². The first-order valence-corrected chi connectivity index (χ1v) is 8.57. The molecule has 3 aromatic heterocycles. The van der Waals surface area contributed by atoms with Gasteiger partial charge in [0.15, 0.2) is 5.11 Å². The molecule has 5 nitrogen and oxygen atoms in total. The Morgan fingerprint density at radius 2 is 1.88 bits per heavy atom. The molecule has 0 saturated carbocycles. The topological polar surface area (TPSA) is 54.2 Å². The van der Waals surface area contributed by atoms with Gasteiger partial charge in [-0.15, -0.1) is 0 Å². The van der Waals surface area contributed by atoms with Crippen LogP contribution in [-0.2, 0) is 6.54 Å². The van der Waals surface area contributed by atoms with Gasteiger partial charge < -0.3 is 14.6 Å². The maximum absolute atomic E-state index is 5.95. The van der Waals surface area contributed by atoms with E-state index in [4.69, 9.17) is 16.6 Å². The molecule has 3 aromatic rings. The standard InChI is InChI=1S/C19H18N4OS/c1-13-8-9-16(24-13)18-17(15-7-3-5-11-21-15)22-19(25)23(18)12-14-6-2-4-10-20-14/h2-11,17-18H,12H2,1H3,(H,22,25)/t17-,18+/m1/s1. The third kappa shape index (κ3) is 3.13. The van der Waals surface area contributed by atoms with Crippen LogP contribution in [0, 0.1) is 6.92 Å². The molecule has 0 spiro atoms. The van der Waals surface area contributed by atoms with Crippen LogP contribution in [0.3, 0.4) is 0 Å². The van der Waals surface area contributed by atoms with E-state index in [1.165, 1.54) is 0 Å². The van der Waals surface area contributed by atoms with Crippen molar-refractivity contribution in [2.24, 2.45) is 0 Å². The molecule has 4 heterocycles. The molecular weight excluding hydrogens is 332 g/mol. The Balaban J connectivity index is 1.72. The van der Waals surface area contributed by atoms with Gasteiger partial charge in [-0.3, -0.25) is 9.97 Å². The van der Waals surface area contributed by atoms with Gasteiger partial charge in [-0.1, -0.05) is 12.1 Å². The minimum absolute atomic E-state index is 0.0667. The van der Waals surface area contributed by atoms with E-state index in [9.17, 15) is 0 Å². The van der Waals surface area contributed by atoms with E-state index in [1.54, 1.807) is 12.4 Å². The fourth-order valence-electron chi connectivity index (χ4n) is 3.16. The lowest BCUT2D eigenvalue weighted by Gasteiger charge is -2.25. The normalized spacial score (nSPS) is 19.9. The van der Waals surface area contributed by atoms with E-state index in [0.717, 1.165) is 22.9 Å². The third-order valence-corrected chi connectivity index (χ3v) is 4.66. The third-order valence-electron chi connectivity index (χ3n) is 4.31. The van der Waals surface area contributed by atoms with Crippen molar-refractivity contribution in [3.63, 3.8) is 0 Å². The van der Waals surface area contributed by atoms with Crippen molar-refractivity contribution >= 4 is 17.3 Å². The summed E-state index contributed by atoms with van der Waals surface area (Å²) < 4.78 is 5.95. The molecule has 126 valence electrons. The number of aromatic nitrogens is 2. The van der Waals surface area contributed by atoms with Gasteiger partial charge in [0.05, 0.1) is 24.0 Å². The Morgan fingerprint density at radius 1 is 1.08 bits per heavy atom. The predicted octanol–water partition coefficient (Wildman–Crippen LogP) is 3.55. The van der Waals surface area contributed by atoms with Crippen molar-refractivity contribution in [2.45, 2.75) is 25.6 Å². The minimum atomic E-state index is -0.0712.